The third-order valence-electron chi connectivity index (χ3n) is 11.2. The number of imidazole rings is 2. The van der Waals surface area contributed by atoms with Crippen LogP contribution in [-0.4, -0.2) is 77.8 Å². The van der Waals surface area contributed by atoms with Gasteiger partial charge in [-0.25, -0.2) is 9.97 Å². The number of hydrogen-bond acceptors (Lipinski definition) is 7. The number of likely N-dealkylation sites (N-methyl/N-ethyl adjacent to an activating group) is 1. The Balaban J connectivity index is 1.06. The number of carboxylic acids is 1. The summed E-state index contributed by atoms with van der Waals surface area (Å²) < 4.78 is 3.77. The zero-order valence-electron chi connectivity index (χ0n) is 29.4. The lowest BCUT2D eigenvalue weighted by Crippen LogP contribution is -2.44. The molecule has 51 heavy (non-hydrogen) atoms. The Labute approximate surface area is 307 Å². The molecule has 7 rings (SSSR count). The van der Waals surface area contributed by atoms with E-state index in [1.165, 1.54) is 0 Å². The van der Waals surface area contributed by atoms with Gasteiger partial charge in [-0.05, 0) is 51.3 Å². The van der Waals surface area contributed by atoms with Crippen LogP contribution in [0.5, 0.6) is 0 Å². The molecule has 0 unspecified atom stereocenters. The molecule has 13 heteroatoms. The minimum absolute atomic E-state index is 0.0873. The van der Waals surface area contributed by atoms with E-state index in [9.17, 15) is 19.5 Å². The van der Waals surface area contributed by atoms with Gasteiger partial charge in [-0.2, -0.15) is 0 Å². The normalized spacial score (nSPS) is 20.9. The fourth-order valence-corrected chi connectivity index (χ4v) is 8.55. The van der Waals surface area contributed by atoms with Crippen molar-refractivity contribution in [3.8, 4) is 11.1 Å². The van der Waals surface area contributed by atoms with Crippen molar-refractivity contribution >= 4 is 46.5 Å². The van der Waals surface area contributed by atoms with Crippen LogP contribution in [0.25, 0.3) is 11.1 Å². The number of carbonyl (C=O) groups excluding carboxylic acids is 2. The van der Waals surface area contributed by atoms with Gasteiger partial charge in [0.1, 0.15) is 0 Å². The molecular weight excluding hydrogens is 689 g/mol. The Morgan fingerprint density at radius 2 is 1.47 bits per heavy atom. The second-order valence-corrected chi connectivity index (χ2v) is 15.3. The average molecular weight is 733 g/mol. The van der Waals surface area contributed by atoms with Gasteiger partial charge < -0.3 is 24.5 Å². The van der Waals surface area contributed by atoms with Crippen molar-refractivity contribution < 1.29 is 19.5 Å². The SMILES string of the molecule is CN1CCc2c(nc(C(=O)Cc3cccc(-c4cccc(NC(=O)c5nc6c(n5C)CCN(C5CCC(C)(C(=O)O)CC5)C6)c4Cl)c3Cl)n2C)C1. The van der Waals surface area contributed by atoms with E-state index in [0.717, 1.165) is 68.1 Å². The topological polar surface area (TPSA) is 126 Å². The van der Waals surface area contributed by atoms with Gasteiger partial charge in [0, 0.05) is 88.1 Å². The average Bonchev–Trinajstić information content (AvgIpc) is 3.62. The van der Waals surface area contributed by atoms with Crippen molar-refractivity contribution in [2.24, 2.45) is 19.5 Å². The largest absolute Gasteiger partial charge is 0.481 e. The van der Waals surface area contributed by atoms with Crippen LogP contribution < -0.4 is 5.32 Å². The van der Waals surface area contributed by atoms with Crippen LogP contribution in [0.4, 0.5) is 5.69 Å². The molecule has 0 radical (unpaired) electrons. The summed E-state index contributed by atoms with van der Waals surface area (Å²) in [6.45, 7) is 4.95. The minimum atomic E-state index is -0.719. The van der Waals surface area contributed by atoms with Crippen LogP contribution in [0.3, 0.4) is 0 Å². The molecule has 0 spiro atoms. The molecule has 0 bridgehead atoms. The number of rotatable bonds is 8. The smallest absolute Gasteiger partial charge is 0.309 e. The summed E-state index contributed by atoms with van der Waals surface area (Å²) in [7, 11) is 5.81. The number of carbonyl (C=O) groups is 3. The molecule has 4 aromatic rings. The van der Waals surface area contributed by atoms with Gasteiger partial charge in [0.05, 0.1) is 32.5 Å². The molecule has 4 heterocycles. The first-order chi connectivity index (χ1) is 24.3. The number of Topliss-reactive ketones (excluding diaryl/α,β-unsaturated/α-hetero) is 1. The summed E-state index contributed by atoms with van der Waals surface area (Å²) >= 11 is 13.9. The predicted octanol–water partition coefficient (Wildman–Crippen LogP) is 6.18. The van der Waals surface area contributed by atoms with E-state index in [-0.39, 0.29) is 18.1 Å². The Bertz CT molecular complexity index is 2050. The Kier molecular flexibility index (Phi) is 9.60. The number of halogens is 2. The van der Waals surface area contributed by atoms with Gasteiger partial charge in [0.25, 0.3) is 5.91 Å². The molecule has 2 aromatic heterocycles. The van der Waals surface area contributed by atoms with Crippen LogP contribution in [-0.2, 0) is 51.2 Å². The number of aromatic nitrogens is 4. The van der Waals surface area contributed by atoms with Crippen molar-refractivity contribution in [2.75, 3.05) is 25.5 Å². The quantitative estimate of drug-likeness (QED) is 0.206. The fraction of sp³-hybridized carbons (Fsp3) is 0.447. The number of carboxylic acid groups (broad SMARTS) is 1. The highest BCUT2D eigenvalue weighted by atomic mass is 35.5. The fourth-order valence-electron chi connectivity index (χ4n) is 7.98. The minimum Gasteiger partial charge on any atom is -0.481 e. The van der Waals surface area contributed by atoms with Crippen molar-refractivity contribution in [3.05, 3.63) is 86.4 Å². The van der Waals surface area contributed by atoms with E-state index in [2.05, 4.69) is 20.1 Å². The lowest BCUT2D eigenvalue weighted by atomic mass is 9.73. The highest BCUT2D eigenvalue weighted by Gasteiger charge is 2.40. The zero-order valence-corrected chi connectivity index (χ0v) is 30.9. The van der Waals surface area contributed by atoms with Crippen LogP contribution in [0.1, 0.15) is 82.2 Å². The van der Waals surface area contributed by atoms with Gasteiger partial charge in [-0.15, -0.1) is 0 Å². The van der Waals surface area contributed by atoms with E-state index >= 15 is 0 Å². The number of fused-ring (bicyclic) bond motifs is 2. The van der Waals surface area contributed by atoms with Gasteiger partial charge in [-0.3, -0.25) is 19.3 Å². The van der Waals surface area contributed by atoms with Gasteiger partial charge in [-0.1, -0.05) is 53.5 Å². The molecule has 2 aliphatic heterocycles. The van der Waals surface area contributed by atoms with Crippen LogP contribution in [0.2, 0.25) is 10.0 Å². The highest BCUT2D eigenvalue weighted by Crippen LogP contribution is 2.40. The first-order valence-corrected chi connectivity index (χ1v) is 18.3. The molecule has 1 amide bonds. The molecule has 2 aromatic carbocycles. The summed E-state index contributed by atoms with van der Waals surface area (Å²) in [5.74, 6) is -0.473. The molecule has 0 saturated heterocycles. The Morgan fingerprint density at radius 3 is 2.18 bits per heavy atom. The third-order valence-corrected chi connectivity index (χ3v) is 12.1. The summed E-state index contributed by atoms with van der Waals surface area (Å²) in [4.78, 5) is 52.9. The summed E-state index contributed by atoms with van der Waals surface area (Å²) in [5, 5.41) is 13.3. The Hall–Kier alpha value is -4.03. The van der Waals surface area contributed by atoms with E-state index in [1.54, 1.807) is 12.1 Å². The lowest BCUT2D eigenvalue weighted by Gasteiger charge is -2.41. The van der Waals surface area contributed by atoms with E-state index in [4.69, 9.17) is 28.2 Å². The number of anilines is 1. The zero-order chi connectivity index (χ0) is 36.2. The number of ketones is 1. The number of nitrogens with zero attached hydrogens (tertiary/aromatic N) is 6. The number of nitrogens with one attached hydrogen (secondary N) is 1. The van der Waals surface area contributed by atoms with Crippen LogP contribution in [0.15, 0.2) is 36.4 Å². The first-order valence-electron chi connectivity index (χ1n) is 17.5. The maximum absolute atomic E-state index is 13.7. The van der Waals surface area contributed by atoms with E-state index in [1.807, 2.05) is 61.5 Å². The first kappa shape index (κ1) is 35.4. The lowest BCUT2D eigenvalue weighted by molar-refractivity contribution is -0.150. The van der Waals surface area contributed by atoms with Crippen LogP contribution >= 0.6 is 23.2 Å². The second-order valence-electron chi connectivity index (χ2n) is 14.6. The standard InChI is InChI=1S/C38H43Cl2N7O4/c1-38(37(50)51)15-11-23(12-16-38)47-18-14-30-28(21-47)42-35(46(30)4)36(49)43-26-10-6-9-25(33(26)40)24-8-5-7-22(32(24)39)19-31(48)34-41-27-20-44(2)17-13-29(27)45(34)3/h5-10,23H,11-21H2,1-4H3,(H,43,49)(H,50,51). The molecule has 1 aliphatic carbocycles. The Morgan fingerprint density at radius 1 is 0.863 bits per heavy atom. The van der Waals surface area contributed by atoms with Crippen molar-refractivity contribution in [1.29, 1.82) is 0 Å². The molecular formula is C38H43Cl2N7O4. The number of aliphatic carboxylic acids is 1. The van der Waals surface area contributed by atoms with Crippen LogP contribution in [0, 0.1) is 5.41 Å². The maximum atomic E-state index is 13.7. The number of benzene rings is 2. The summed E-state index contributed by atoms with van der Waals surface area (Å²) in [6, 6.07) is 11.2. The monoisotopic (exact) mass is 731 g/mol. The molecule has 1 saturated carbocycles. The second kappa shape index (κ2) is 13.8. The summed E-state index contributed by atoms with van der Waals surface area (Å²) in [5.41, 5.74) is 5.66. The maximum Gasteiger partial charge on any atom is 0.309 e. The van der Waals surface area contributed by atoms with E-state index < -0.39 is 11.4 Å². The number of hydrogen-bond donors (Lipinski definition) is 2. The van der Waals surface area contributed by atoms with Crippen molar-refractivity contribution in [3.63, 3.8) is 0 Å². The third kappa shape index (κ3) is 6.61. The molecule has 0 atom stereocenters. The molecule has 1 fully saturated rings. The molecule has 3 aliphatic rings. The molecule has 268 valence electrons. The van der Waals surface area contributed by atoms with Crippen molar-refractivity contribution in [2.45, 2.75) is 71.0 Å². The van der Waals surface area contributed by atoms with E-state index in [0.29, 0.717) is 69.5 Å². The van der Waals surface area contributed by atoms with Crippen molar-refractivity contribution in [1.82, 2.24) is 28.9 Å². The van der Waals surface area contributed by atoms with Gasteiger partial charge >= 0.3 is 5.97 Å². The predicted molar refractivity (Wildman–Crippen MR) is 196 cm³/mol. The van der Waals surface area contributed by atoms with Gasteiger partial charge in [0.15, 0.2) is 11.6 Å². The summed E-state index contributed by atoms with van der Waals surface area (Å²) in [6.07, 6.45) is 4.67. The molecule has 11 nitrogen and oxygen atoms in total. The van der Waals surface area contributed by atoms with Gasteiger partial charge in [0.2, 0.25) is 5.78 Å². The number of amides is 1. The highest BCUT2D eigenvalue weighted by molar-refractivity contribution is 6.39. The molecule has 2 N–H and O–H groups in total.